The SMILES string of the molecule is COc1ccc(C=C(NC(=O)c2ccc(OC)c(OC)c2)C(=O)Nc2ccc(Br)cc2)cc1. The van der Waals surface area contributed by atoms with Gasteiger partial charge >= 0.3 is 0 Å². The number of carbonyl (C=O) groups excluding carboxylic acids is 2. The van der Waals surface area contributed by atoms with Crippen molar-refractivity contribution in [2.45, 2.75) is 0 Å². The Labute approximate surface area is 200 Å². The molecule has 0 bridgehead atoms. The zero-order valence-electron chi connectivity index (χ0n) is 18.3. The van der Waals surface area contributed by atoms with Gasteiger partial charge in [-0.05, 0) is 66.2 Å². The Balaban J connectivity index is 1.90. The van der Waals surface area contributed by atoms with Crippen LogP contribution < -0.4 is 24.8 Å². The molecule has 7 nitrogen and oxygen atoms in total. The third kappa shape index (κ3) is 6.36. The maximum Gasteiger partial charge on any atom is 0.272 e. The van der Waals surface area contributed by atoms with Gasteiger partial charge in [-0.25, -0.2) is 0 Å². The first-order valence-corrected chi connectivity index (χ1v) is 10.7. The Morgan fingerprint density at radius 2 is 1.48 bits per heavy atom. The van der Waals surface area contributed by atoms with Crippen molar-refractivity contribution in [2.24, 2.45) is 0 Å². The summed E-state index contributed by atoms with van der Waals surface area (Å²) in [4.78, 5) is 26.0. The Bertz CT molecular complexity index is 1160. The molecule has 0 aliphatic carbocycles. The third-order valence-electron chi connectivity index (χ3n) is 4.67. The van der Waals surface area contributed by atoms with E-state index in [0.29, 0.717) is 34.1 Å². The molecule has 8 heteroatoms. The van der Waals surface area contributed by atoms with Crippen LogP contribution in [0.2, 0.25) is 0 Å². The normalized spacial score (nSPS) is 10.8. The van der Waals surface area contributed by atoms with Crippen molar-refractivity contribution < 1.29 is 23.8 Å². The van der Waals surface area contributed by atoms with Gasteiger partial charge in [-0.2, -0.15) is 0 Å². The van der Waals surface area contributed by atoms with E-state index in [0.717, 1.165) is 4.47 Å². The van der Waals surface area contributed by atoms with Crippen LogP contribution in [0.4, 0.5) is 5.69 Å². The molecule has 0 aromatic heterocycles. The molecule has 170 valence electrons. The third-order valence-corrected chi connectivity index (χ3v) is 5.20. The zero-order valence-corrected chi connectivity index (χ0v) is 19.9. The summed E-state index contributed by atoms with van der Waals surface area (Å²) in [5, 5.41) is 5.50. The number of rotatable bonds is 8. The van der Waals surface area contributed by atoms with Crippen molar-refractivity contribution in [3.63, 3.8) is 0 Å². The topological polar surface area (TPSA) is 85.9 Å². The number of nitrogens with one attached hydrogen (secondary N) is 2. The second kappa shape index (κ2) is 11.2. The van der Waals surface area contributed by atoms with Crippen molar-refractivity contribution in [1.29, 1.82) is 0 Å². The highest BCUT2D eigenvalue weighted by atomic mass is 79.9. The highest BCUT2D eigenvalue weighted by Gasteiger charge is 2.17. The Kier molecular flexibility index (Phi) is 8.10. The zero-order chi connectivity index (χ0) is 23.8. The molecular formula is C25H23BrN2O5. The van der Waals surface area contributed by atoms with Crippen LogP contribution in [0.15, 0.2) is 76.9 Å². The molecule has 2 amide bonds. The van der Waals surface area contributed by atoms with E-state index in [4.69, 9.17) is 14.2 Å². The molecule has 3 aromatic rings. The largest absolute Gasteiger partial charge is 0.497 e. The van der Waals surface area contributed by atoms with Gasteiger partial charge in [-0.15, -0.1) is 0 Å². The summed E-state index contributed by atoms with van der Waals surface area (Å²) in [6.07, 6.45) is 1.59. The minimum absolute atomic E-state index is 0.0721. The molecule has 3 rings (SSSR count). The van der Waals surface area contributed by atoms with E-state index in [9.17, 15) is 9.59 Å². The average molecular weight is 511 g/mol. The Morgan fingerprint density at radius 1 is 0.818 bits per heavy atom. The number of hydrogen-bond acceptors (Lipinski definition) is 5. The fourth-order valence-corrected chi connectivity index (χ4v) is 3.19. The van der Waals surface area contributed by atoms with E-state index in [1.807, 2.05) is 12.1 Å². The van der Waals surface area contributed by atoms with Gasteiger partial charge in [0.05, 0.1) is 21.3 Å². The van der Waals surface area contributed by atoms with Gasteiger partial charge in [-0.3, -0.25) is 9.59 Å². The van der Waals surface area contributed by atoms with Gasteiger partial charge in [0, 0.05) is 15.7 Å². The number of methoxy groups -OCH3 is 3. The van der Waals surface area contributed by atoms with Crippen molar-refractivity contribution in [1.82, 2.24) is 5.32 Å². The summed E-state index contributed by atoms with van der Waals surface area (Å²) < 4.78 is 16.6. The summed E-state index contributed by atoms with van der Waals surface area (Å²) in [7, 11) is 4.57. The summed E-state index contributed by atoms with van der Waals surface area (Å²) >= 11 is 3.37. The highest BCUT2D eigenvalue weighted by Crippen LogP contribution is 2.27. The number of benzene rings is 3. The molecule has 0 saturated heterocycles. The number of carbonyl (C=O) groups is 2. The molecule has 0 atom stereocenters. The molecule has 0 saturated carbocycles. The van der Waals surface area contributed by atoms with Crippen molar-refractivity contribution in [3.8, 4) is 17.2 Å². The molecule has 0 fully saturated rings. The highest BCUT2D eigenvalue weighted by molar-refractivity contribution is 9.10. The molecule has 0 spiro atoms. The summed E-state index contributed by atoms with van der Waals surface area (Å²) in [6, 6.07) is 19.0. The smallest absolute Gasteiger partial charge is 0.272 e. The number of ether oxygens (including phenoxy) is 3. The van der Waals surface area contributed by atoms with E-state index >= 15 is 0 Å². The van der Waals surface area contributed by atoms with E-state index in [2.05, 4.69) is 26.6 Å². The quantitative estimate of drug-likeness (QED) is 0.421. The van der Waals surface area contributed by atoms with Crippen molar-refractivity contribution >= 4 is 39.5 Å². The monoisotopic (exact) mass is 510 g/mol. The van der Waals surface area contributed by atoms with Crippen LogP contribution in [-0.4, -0.2) is 33.1 Å². The first-order chi connectivity index (χ1) is 15.9. The van der Waals surface area contributed by atoms with Crippen LogP contribution >= 0.6 is 15.9 Å². The average Bonchev–Trinajstić information content (AvgIpc) is 2.84. The minimum atomic E-state index is -0.471. The lowest BCUT2D eigenvalue weighted by molar-refractivity contribution is -0.113. The molecule has 0 unspecified atom stereocenters. The van der Waals surface area contributed by atoms with Crippen LogP contribution in [0.25, 0.3) is 6.08 Å². The van der Waals surface area contributed by atoms with Gasteiger partial charge in [0.1, 0.15) is 11.4 Å². The predicted octanol–water partition coefficient (Wildman–Crippen LogP) is 4.88. The predicted molar refractivity (Wildman–Crippen MR) is 131 cm³/mol. The van der Waals surface area contributed by atoms with Gasteiger partial charge < -0.3 is 24.8 Å². The van der Waals surface area contributed by atoms with Crippen LogP contribution in [0.1, 0.15) is 15.9 Å². The fourth-order valence-electron chi connectivity index (χ4n) is 2.93. The number of amides is 2. The standard InChI is InChI=1S/C25H23BrN2O5/c1-31-20-11-4-16(5-12-20)14-21(25(30)27-19-9-7-18(26)8-10-19)28-24(29)17-6-13-22(32-2)23(15-17)33-3/h4-15H,1-3H3,(H,27,30)(H,28,29). The lowest BCUT2D eigenvalue weighted by atomic mass is 10.1. The number of anilines is 1. The number of halogens is 1. The van der Waals surface area contributed by atoms with Crippen LogP contribution in [0, 0.1) is 0 Å². The van der Waals surface area contributed by atoms with E-state index in [-0.39, 0.29) is 5.70 Å². The van der Waals surface area contributed by atoms with Crippen molar-refractivity contribution in [3.05, 3.63) is 88.0 Å². The fraction of sp³-hybridized carbons (Fsp3) is 0.120. The molecule has 3 aromatic carbocycles. The molecule has 0 heterocycles. The first kappa shape index (κ1) is 23.9. The maximum atomic E-state index is 13.0. The maximum absolute atomic E-state index is 13.0. The summed E-state index contributed by atoms with van der Waals surface area (Å²) in [6.45, 7) is 0. The van der Waals surface area contributed by atoms with Gasteiger partial charge in [0.25, 0.3) is 11.8 Å². The number of hydrogen-bond donors (Lipinski definition) is 2. The van der Waals surface area contributed by atoms with Crippen LogP contribution in [-0.2, 0) is 4.79 Å². The lowest BCUT2D eigenvalue weighted by Crippen LogP contribution is -2.30. The molecular weight excluding hydrogens is 488 g/mol. The van der Waals surface area contributed by atoms with Crippen molar-refractivity contribution in [2.75, 3.05) is 26.6 Å². The summed E-state index contributed by atoms with van der Waals surface area (Å²) in [5.41, 5.74) is 1.68. The summed E-state index contributed by atoms with van der Waals surface area (Å²) in [5.74, 6) is 0.646. The van der Waals surface area contributed by atoms with Gasteiger partial charge in [0.15, 0.2) is 11.5 Å². The molecule has 0 radical (unpaired) electrons. The molecule has 0 aliphatic rings. The second-order valence-corrected chi connectivity index (χ2v) is 7.73. The lowest BCUT2D eigenvalue weighted by Gasteiger charge is -2.13. The van der Waals surface area contributed by atoms with E-state index in [1.165, 1.54) is 14.2 Å². The first-order valence-electron chi connectivity index (χ1n) is 9.89. The van der Waals surface area contributed by atoms with Crippen LogP contribution in [0.5, 0.6) is 17.2 Å². The Hall–Kier alpha value is -3.78. The van der Waals surface area contributed by atoms with Crippen LogP contribution in [0.3, 0.4) is 0 Å². The minimum Gasteiger partial charge on any atom is -0.497 e. The Morgan fingerprint density at radius 3 is 2.09 bits per heavy atom. The van der Waals surface area contributed by atoms with E-state index in [1.54, 1.807) is 67.8 Å². The second-order valence-electron chi connectivity index (χ2n) is 6.82. The molecule has 2 N–H and O–H groups in total. The molecule has 0 aliphatic heterocycles. The van der Waals surface area contributed by atoms with E-state index < -0.39 is 11.8 Å². The van der Waals surface area contributed by atoms with Gasteiger partial charge in [-0.1, -0.05) is 28.1 Å². The van der Waals surface area contributed by atoms with Gasteiger partial charge in [0.2, 0.25) is 0 Å². The molecule has 33 heavy (non-hydrogen) atoms.